The predicted molar refractivity (Wildman–Crippen MR) is 113 cm³/mol. The zero-order valence-corrected chi connectivity index (χ0v) is 17.9. The topological polar surface area (TPSA) is 69.4 Å². The van der Waals surface area contributed by atoms with E-state index in [1.165, 1.54) is 23.9 Å². The van der Waals surface area contributed by atoms with Crippen LogP contribution in [0.15, 0.2) is 41.3 Å². The summed E-state index contributed by atoms with van der Waals surface area (Å²) in [5.41, 5.74) is 2.02. The van der Waals surface area contributed by atoms with Gasteiger partial charge in [0, 0.05) is 48.3 Å². The lowest BCUT2D eigenvalue weighted by molar-refractivity contribution is 0.0517. The summed E-state index contributed by atoms with van der Waals surface area (Å²) < 4.78 is 22.2. The molecule has 0 spiro atoms. The summed E-state index contributed by atoms with van der Waals surface area (Å²) in [4.78, 5) is 26.1. The first-order chi connectivity index (χ1) is 14.2. The Morgan fingerprint density at radius 3 is 2.50 bits per heavy atom. The van der Waals surface area contributed by atoms with Crippen LogP contribution in [-0.4, -0.2) is 26.9 Å². The van der Waals surface area contributed by atoms with Gasteiger partial charge in [0.15, 0.2) is 11.5 Å². The number of rotatable bonds is 6. The lowest BCUT2D eigenvalue weighted by Crippen LogP contribution is -2.24. The van der Waals surface area contributed by atoms with Gasteiger partial charge in [0.2, 0.25) is 0 Å². The van der Waals surface area contributed by atoms with E-state index in [-0.39, 0.29) is 18.8 Å². The molecule has 0 saturated carbocycles. The number of ether oxygens (including phenoxy) is 1. The summed E-state index contributed by atoms with van der Waals surface area (Å²) in [7, 11) is 3.22. The molecule has 0 aliphatic heterocycles. The van der Waals surface area contributed by atoms with Crippen molar-refractivity contribution in [2.24, 2.45) is 14.1 Å². The van der Waals surface area contributed by atoms with Crippen LogP contribution in [0, 0.1) is 12.7 Å². The molecule has 30 heavy (non-hydrogen) atoms. The first kappa shape index (κ1) is 21.6. The summed E-state index contributed by atoms with van der Waals surface area (Å²) in [6, 6.07) is 8.16. The molecule has 2 heterocycles. The van der Waals surface area contributed by atoms with Crippen molar-refractivity contribution >= 4 is 28.9 Å². The summed E-state index contributed by atoms with van der Waals surface area (Å²) in [5.74, 6) is -1.40. The molecule has 0 N–H and O–H groups in total. The lowest BCUT2D eigenvalue weighted by Gasteiger charge is -2.26. The van der Waals surface area contributed by atoms with Crippen molar-refractivity contribution in [3.63, 3.8) is 0 Å². The Labute approximate surface area is 178 Å². The number of anilines is 2. The Hall–Kier alpha value is -3.13. The number of carbonyl (C=O) groups is 1. The third-order valence-electron chi connectivity index (χ3n) is 4.82. The van der Waals surface area contributed by atoms with Gasteiger partial charge in [-0.2, -0.15) is 5.10 Å². The van der Waals surface area contributed by atoms with Gasteiger partial charge in [-0.15, -0.1) is 0 Å². The van der Waals surface area contributed by atoms with Gasteiger partial charge in [-0.05, 0) is 38.1 Å². The highest BCUT2D eigenvalue weighted by atomic mass is 35.5. The van der Waals surface area contributed by atoms with Crippen molar-refractivity contribution in [3.8, 4) is 0 Å². The van der Waals surface area contributed by atoms with Gasteiger partial charge in [-0.1, -0.05) is 11.6 Å². The minimum absolute atomic E-state index is 0.195. The molecular formula is C21H22ClFN4O3. The van der Waals surface area contributed by atoms with Crippen LogP contribution in [0.5, 0.6) is 0 Å². The number of esters is 1. The van der Waals surface area contributed by atoms with Crippen molar-refractivity contribution in [2.75, 3.05) is 11.5 Å². The molecule has 0 saturated heterocycles. The molecule has 0 unspecified atom stereocenters. The molecule has 0 aliphatic carbocycles. The fourth-order valence-electron chi connectivity index (χ4n) is 3.12. The van der Waals surface area contributed by atoms with Crippen molar-refractivity contribution < 1.29 is 13.9 Å². The molecule has 158 valence electrons. The van der Waals surface area contributed by atoms with E-state index in [0.29, 0.717) is 22.0 Å². The number of carbonyl (C=O) groups excluding carboxylic acids is 1. The molecule has 0 bridgehead atoms. The summed E-state index contributed by atoms with van der Waals surface area (Å²) in [5, 5.41) is 4.85. The third kappa shape index (κ3) is 4.23. The van der Waals surface area contributed by atoms with Gasteiger partial charge in [-0.25, -0.2) is 9.18 Å². The maximum Gasteiger partial charge on any atom is 0.359 e. The molecular weight excluding hydrogens is 411 g/mol. The molecule has 2 aromatic heterocycles. The average Bonchev–Trinajstić information content (AvgIpc) is 2.99. The minimum atomic E-state index is -0.873. The number of pyridine rings is 1. The second-order valence-electron chi connectivity index (χ2n) is 6.78. The van der Waals surface area contributed by atoms with E-state index >= 15 is 0 Å². The Morgan fingerprint density at radius 1 is 1.23 bits per heavy atom. The Kier molecular flexibility index (Phi) is 6.26. The normalized spacial score (nSPS) is 10.9. The molecule has 0 atom stereocenters. The Bertz CT molecular complexity index is 1110. The number of hydrogen-bond donors (Lipinski definition) is 0. The van der Waals surface area contributed by atoms with Crippen molar-refractivity contribution in [2.45, 2.75) is 20.4 Å². The maximum atomic E-state index is 14.2. The number of hydrogen-bond acceptors (Lipinski definition) is 5. The molecule has 0 fully saturated rings. The highest BCUT2D eigenvalue weighted by Crippen LogP contribution is 2.30. The predicted octanol–water partition coefficient (Wildman–Crippen LogP) is 3.73. The van der Waals surface area contributed by atoms with E-state index in [0.717, 1.165) is 5.69 Å². The van der Waals surface area contributed by atoms with Gasteiger partial charge >= 0.3 is 5.97 Å². The minimum Gasteiger partial charge on any atom is -0.461 e. The zero-order chi connectivity index (χ0) is 22.0. The van der Waals surface area contributed by atoms with Crippen LogP contribution >= 0.6 is 11.6 Å². The Balaban J connectivity index is 2.15. The average molecular weight is 433 g/mol. The number of halogens is 2. The van der Waals surface area contributed by atoms with Gasteiger partial charge < -0.3 is 14.2 Å². The van der Waals surface area contributed by atoms with Gasteiger partial charge in [0.25, 0.3) is 5.56 Å². The van der Waals surface area contributed by atoms with Gasteiger partial charge in [0.05, 0.1) is 18.8 Å². The quantitative estimate of drug-likeness (QED) is 0.555. The van der Waals surface area contributed by atoms with E-state index in [4.69, 9.17) is 16.3 Å². The van der Waals surface area contributed by atoms with Crippen LogP contribution in [0.2, 0.25) is 5.02 Å². The van der Waals surface area contributed by atoms with Crippen LogP contribution in [0.4, 0.5) is 15.8 Å². The van der Waals surface area contributed by atoms with Crippen LogP contribution < -0.4 is 10.5 Å². The van der Waals surface area contributed by atoms with Crippen LogP contribution in [0.1, 0.15) is 28.7 Å². The highest BCUT2D eigenvalue weighted by molar-refractivity contribution is 6.30. The molecule has 0 radical (unpaired) electrons. The maximum absolute atomic E-state index is 14.2. The molecule has 9 heteroatoms. The zero-order valence-electron chi connectivity index (χ0n) is 17.1. The number of aryl methyl sites for hydroxylation is 2. The fourth-order valence-corrected chi connectivity index (χ4v) is 3.24. The molecule has 0 amide bonds. The van der Waals surface area contributed by atoms with Crippen LogP contribution in [-0.2, 0) is 25.4 Å². The second kappa shape index (κ2) is 8.71. The first-order valence-corrected chi connectivity index (χ1v) is 9.69. The van der Waals surface area contributed by atoms with E-state index in [2.05, 4.69) is 5.10 Å². The third-order valence-corrected chi connectivity index (χ3v) is 5.07. The van der Waals surface area contributed by atoms with Crippen molar-refractivity contribution in [1.82, 2.24) is 14.3 Å². The number of aromatic nitrogens is 3. The van der Waals surface area contributed by atoms with E-state index < -0.39 is 17.3 Å². The first-order valence-electron chi connectivity index (χ1n) is 9.31. The monoisotopic (exact) mass is 432 g/mol. The summed E-state index contributed by atoms with van der Waals surface area (Å²) >= 11 is 6.03. The second-order valence-corrected chi connectivity index (χ2v) is 7.22. The molecule has 1 aromatic carbocycles. The summed E-state index contributed by atoms with van der Waals surface area (Å²) in [6.45, 7) is 3.99. The fraction of sp³-hybridized carbons (Fsp3) is 0.286. The summed E-state index contributed by atoms with van der Waals surface area (Å²) in [6.07, 6.45) is 1.54. The van der Waals surface area contributed by atoms with E-state index in [1.807, 2.05) is 6.92 Å². The molecule has 3 aromatic rings. The Morgan fingerprint density at radius 2 is 1.90 bits per heavy atom. The van der Waals surface area contributed by atoms with E-state index in [9.17, 15) is 14.0 Å². The van der Waals surface area contributed by atoms with Crippen molar-refractivity contribution in [1.29, 1.82) is 0 Å². The standard InChI is InChI=1S/C21H22ClFN4O3/c1-5-30-21(29)19-17(13(2)26(4)24-19)12-27(15-8-6-14(22)7-9-15)16-10-18(23)20(28)25(3)11-16/h6-11H,5,12H2,1-4H3. The number of nitrogens with zero attached hydrogens (tertiary/aromatic N) is 4. The lowest BCUT2D eigenvalue weighted by atomic mass is 10.1. The molecule has 3 rings (SSSR count). The van der Waals surface area contributed by atoms with Gasteiger partial charge in [-0.3, -0.25) is 9.48 Å². The highest BCUT2D eigenvalue weighted by Gasteiger charge is 2.24. The number of benzene rings is 1. The SMILES string of the molecule is CCOC(=O)c1nn(C)c(C)c1CN(c1ccc(Cl)cc1)c1cc(F)c(=O)n(C)c1. The van der Waals surface area contributed by atoms with Crippen LogP contribution in [0.25, 0.3) is 0 Å². The van der Waals surface area contributed by atoms with E-state index in [1.54, 1.807) is 47.8 Å². The smallest absolute Gasteiger partial charge is 0.359 e. The van der Waals surface area contributed by atoms with Gasteiger partial charge in [0.1, 0.15) is 0 Å². The molecule has 0 aliphatic rings. The van der Waals surface area contributed by atoms with Crippen LogP contribution in [0.3, 0.4) is 0 Å². The molecule has 7 nitrogen and oxygen atoms in total. The van der Waals surface area contributed by atoms with Crippen molar-refractivity contribution in [3.05, 3.63) is 74.7 Å². The largest absolute Gasteiger partial charge is 0.461 e.